The first kappa shape index (κ1) is 12.7. The lowest BCUT2D eigenvalue weighted by Gasteiger charge is -2.25. The average molecular weight is 298 g/mol. The van der Waals surface area contributed by atoms with Crippen molar-refractivity contribution >= 4 is 27.3 Å². The van der Waals surface area contributed by atoms with E-state index in [2.05, 4.69) is 40.1 Å². The highest BCUT2D eigenvalue weighted by atomic mass is 79.9. The molecule has 1 aliphatic carbocycles. The fourth-order valence-corrected chi connectivity index (χ4v) is 2.32. The second-order valence-corrected chi connectivity index (χ2v) is 5.77. The van der Waals surface area contributed by atoms with E-state index in [1.807, 2.05) is 18.2 Å². The molecule has 3 nitrogen and oxygen atoms in total. The van der Waals surface area contributed by atoms with Crippen LogP contribution in [0.4, 0.5) is 11.4 Å². The van der Waals surface area contributed by atoms with Gasteiger partial charge < -0.3 is 11.1 Å². The van der Waals surface area contributed by atoms with Crippen LogP contribution in [0.5, 0.6) is 0 Å². The van der Waals surface area contributed by atoms with Gasteiger partial charge in [0.15, 0.2) is 0 Å². The molecular formula is C13H20BrN3. The second kappa shape index (κ2) is 5.27. The summed E-state index contributed by atoms with van der Waals surface area (Å²) in [6.07, 6.45) is 2.70. The Labute approximate surface area is 111 Å². The summed E-state index contributed by atoms with van der Waals surface area (Å²) in [5.41, 5.74) is 7.76. The lowest BCUT2D eigenvalue weighted by molar-refractivity contribution is 0.257. The van der Waals surface area contributed by atoms with Crippen molar-refractivity contribution in [2.75, 3.05) is 24.6 Å². The summed E-state index contributed by atoms with van der Waals surface area (Å²) in [4.78, 5) is 2.45. The molecule has 1 aromatic rings. The highest BCUT2D eigenvalue weighted by Gasteiger charge is 2.28. The molecule has 2 rings (SSSR count). The maximum absolute atomic E-state index is 5.95. The van der Waals surface area contributed by atoms with Gasteiger partial charge in [-0.05, 0) is 45.0 Å². The third-order valence-corrected chi connectivity index (χ3v) is 3.91. The van der Waals surface area contributed by atoms with Crippen LogP contribution in [0.1, 0.15) is 19.8 Å². The number of anilines is 2. The third-order valence-electron chi connectivity index (χ3n) is 3.42. The molecule has 0 aromatic heterocycles. The van der Waals surface area contributed by atoms with Crippen molar-refractivity contribution in [3.8, 4) is 0 Å². The molecule has 0 aliphatic heterocycles. The standard InChI is InChI=1S/C13H20BrN3/c1-9(17(2)11-4-5-11)8-16-13-6-3-10(14)7-12(13)15/h3,6-7,9,11,16H,4-5,8,15H2,1-2H3. The molecule has 0 spiro atoms. The van der Waals surface area contributed by atoms with Crippen molar-refractivity contribution in [2.24, 2.45) is 0 Å². The zero-order chi connectivity index (χ0) is 12.4. The average Bonchev–Trinajstić information content (AvgIpc) is 3.10. The van der Waals surface area contributed by atoms with Crippen molar-refractivity contribution < 1.29 is 0 Å². The van der Waals surface area contributed by atoms with Gasteiger partial charge in [0.1, 0.15) is 0 Å². The van der Waals surface area contributed by atoms with Crippen molar-refractivity contribution in [1.82, 2.24) is 4.90 Å². The van der Waals surface area contributed by atoms with Gasteiger partial charge >= 0.3 is 0 Å². The van der Waals surface area contributed by atoms with Gasteiger partial charge in [0.05, 0.1) is 11.4 Å². The topological polar surface area (TPSA) is 41.3 Å². The van der Waals surface area contributed by atoms with E-state index >= 15 is 0 Å². The van der Waals surface area contributed by atoms with Crippen LogP contribution < -0.4 is 11.1 Å². The lowest BCUT2D eigenvalue weighted by Crippen LogP contribution is -2.36. The lowest BCUT2D eigenvalue weighted by atomic mass is 10.2. The highest BCUT2D eigenvalue weighted by Crippen LogP contribution is 2.27. The summed E-state index contributed by atoms with van der Waals surface area (Å²) in [5, 5.41) is 3.42. The fraction of sp³-hybridized carbons (Fsp3) is 0.538. The van der Waals surface area contributed by atoms with Crippen molar-refractivity contribution in [3.63, 3.8) is 0 Å². The Hall–Kier alpha value is -0.740. The Balaban J connectivity index is 1.88. The quantitative estimate of drug-likeness (QED) is 0.821. The molecule has 0 saturated heterocycles. The van der Waals surface area contributed by atoms with Crippen LogP contribution in [-0.4, -0.2) is 30.6 Å². The maximum atomic E-state index is 5.95. The molecule has 0 heterocycles. The van der Waals surface area contributed by atoms with Crippen LogP contribution in [0, 0.1) is 0 Å². The Morgan fingerprint density at radius 2 is 2.24 bits per heavy atom. The van der Waals surface area contributed by atoms with E-state index in [4.69, 9.17) is 5.73 Å². The Bertz CT molecular complexity index is 390. The van der Waals surface area contributed by atoms with Gasteiger partial charge in [0, 0.05) is 23.1 Å². The van der Waals surface area contributed by atoms with E-state index in [1.54, 1.807) is 0 Å². The van der Waals surface area contributed by atoms with Gasteiger partial charge in [0.25, 0.3) is 0 Å². The minimum atomic E-state index is 0.533. The molecule has 3 N–H and O–H groups in total. The van der Waals surface area contributed by atoms with Crippen LogP contribution in [0.15, 0.2) is 22.7 Å². The van der Waals surface area contributed by atoms with E-state index in [9.17, 15) is 0 Å². The summed E-state index contributed by atoms with van der Waals surface area (Å²) in [6.45, 7) is 3.18. The molecule has 0 bridgehead atoms. The summed E-state index contributed by atoms with van der Waals surface area (Å²) < 4.78 is 1.02. The number of hydrogen-bond acceptors (Lipinski definition) is 3. The monoisotopic (exact) mass is 297 g/mol. The van der Waals surface area contributed by atoms with E-state index in [0.29, 0.717) is 6.04 Å². The van der Waals surface area contributed by atoms with Crippen LogP contribution in [0.2, 0.25) is 0 Å². The van der Waals surface area contributed by atoms with Crippen LogP contribution >= 0.6 is 15.9 Å². The maximum Gasteiger partial charge on any atom is 0.0575 e. The molecule has 1 saturated carbocycles. The smallest absolute Gasteiger partial charge is 0.0575 e. The van der Waals surface area contributed by atoms with Crippen LogP contribution in [-0.2, 0) is 0 Å². The van der Waals surface area contributed by atoms with Gasteiger partial charge in [-0.3, -0.25) is 4.90 Å². The van der Waals surface area contributed by atoms with Crippen LogP contribution in [0.25, 0.3) is 0 Å². The SMILES string of the molecule is CC(CNc1ccc(Br)cc1N)N(C)C1CC1. The highest BCUT2D eigenvalue weighted by molar-refractivity contribution is 9.10. The number of nitrogens with zero attached hydrogens (tertiary/aromatic N) is 1. The number of rotatable bonds is 5. The minimum Gasteiger partial charge on any atom is -0.397 e. The minimum absolute atomic E-state index is 0.533. The Morgan fingerprint density at radius 3 is 2.82 bits per heavy atom. The van der Waals surface area contributed by atoms with Crippen molar-refractivity contribution in [3.05, 3.63) is 22.7 Å². The molecular weight excluding hydrogens is 278 g/mol. The Morgan fingerprint density at radius 1 is 1.53 bits per heavy atom. The predicted octanol–water partition coefficient (Wildman–Crippen LogP) is 2.93. The van der Waals surface area contributed by atoms with E-state index < -0.39 is 0 Å². The number of nitrogens with two attached hydrogens (primary N) is 1. The molecule has 17 heavy (non-hydrogen) atoms. The van der Waals surface area contributed by atoms with Gasteiger partial charge in [0.2, 0.25) is 0 Å². The molecule has 4 heteroatoms. The normalized spacial score (nSPS) is 17.2. The molecule has 0 amide bonds. The van der Waals surface area contributed by atoms with Crippen LogP contribution in [0.3, 0.4) is 0 Å². The summed E-state index contributed by atoms with van der Waals surface area (Å²) >= 11 is 3.41. The van der Waals surface area contributed by atoms with Gasteiger partial charge in [-0.25, -0.2) is 0 Å². The number of nitrogens with one attached hydrogen (secondary N) is 1. The zero-order valence-corrected chi connectivity index (χ0v) is 12.0. The first-order valence-corrected chi connectivity index (χ1v) is 6.88. The summed E-state index contributed by atoms with van der Waals surface area (Å²) in [7, 11) is 2.20. The summed E-state index contributed by atoms with van der Waals surface area (Å²) in [6, 6.07) is 7.29. The number of hydrogen-bond donors (Lipinski definition) is 2. The van der Waals surface area contributed by atoms with Gasteiger partial charge in [-0.2, -0.15) is 0 Å². The molecule has 0 radical (unpaired) electrons. The van der Waals surface area contributed by atoms with E-state index in [-0.39, 0.29) is 0 Å². The predicted molar refractivity (Wildman–Crippen MR) is 77.3 cm³/mol. The third kappa shape index (κ3) is 3.36. The van der Waals surface area contributed by atoms with Gasteiger partial charge in [-0.15, -0.1) is 0 Å². The zero-order valence-electron chi connectivity index (χ0n) is 10.4. The molecule has 1 aromatic carbocycles. The molecule has 1 aliphatic rings. The van der Waals surface area contributed by atoms with E-state index in [0.717, 1.165) is 28.4 Å². The Kier molecular flexibility index (Phi) is 3.94. The number of benzene rings is 1. The number of likely N-dealkylation sites (N-methyl/N-ethyl adjacent to an activating group) is 1. The van der Waals surface area contributed by atoms with Crippen molar-refractivity contribution in [1.29, 1.82) is 0 Å². The number of halogens is 1. The van der Waals surface area contributed by atoms with Crippen molar-refractivity contribution in [2.45, 2.75) is 31.8 Å². The first-order chi connectivity index (χ1) is 8.08. The number of nitrogen functional groups attached to an aromatic ring is 1. The molecule has 1 unspecified atom stereocenters. The largest absolute Gasteiger partial charge is 0.397 e. The van der Waals surface area contributed by atoms with E-state index in [1.165, 1.54) is 12.8 Å². The molecule has 1 atom stereocenters. The fourth-order valence-electron chi connectivity index (χ4n) is 1.94. The molecule has 94 valence electrons. The first-order valence-electron chi connectivity index (χ1n) is 6.08. The second-order valence-electron chi connectivity index (χ2n) is 4.86. The van der Waals surface area contributed by atoms with Gasteiger partial charge in [-0.1, -0.05) is 15.9 Å². The molecule has 1 fully saturated rings. The summed E-state index contributed by atoms with van der Waals surface area (Å²) in [5.74, 6) is 0.